The molecule has 1 aliphatic rings. The second-order valence-electron chi connectivity index (χ2n) is 6.09. The number of anilines is 1. The monoisotopic (exact) mass is 284 g/mol. The molecule has 0 bridgehead atoms. The molecule has 6 heteroatoms. The number of thioether (sulfide) groups is 1. The van der Waals surface area contributed by atoms with Crippen LogP contribution in [0, 0.1) is 0 Å². The molecule has 1 saturated heterocycles. The van der Waals surface area contributed by atoms with E-state index in [1.807, 2.05) is 11.8 Å². The van der Waals surface area contributed by atoms with E-state index in [1.54, 1.807) is 0 Å². The van der Waals surface area contributed by atoms with Crippen molar-refractivity contribution < 1.29 is 4.42 Å². The molecule has 2 heterocycles. The van der Waals surface area contributed by atoms with Crippen LogP contribution in [0.3, 0.4) is 0 Å². The molecule has 0 spiro atoms. The van der Waals surface area contributed by atoms with Crippen molar-refractivity contribution in [3.05, 3.63) is 5.89 Å². The fraction of sp³-hybridized carbons (Fsp3) is 0.846. The fourth-order valence-corrected chi connectivity index (χ4v) is 3.08. The zero-order valence-electron chi connectivity index (χ0n) is 12.4. The van der Waals surface area contributed by atoms with Crippen molar-refractivity contribution in [3.8, 4) is 0 Å². The van der Waals surface area contributed by atoms with Crippen molar-refractivity contribution in [2.24, 2.45) is 0 Å². The van der Waals surface area contributed by atoms with Crippen molar-refractivity contribution in [1.82, 2.24) is 15.5 Å². The van der Waals surface area contributed by atoms with Crippen molar-refractivity contribution >= 4 is 17.8 Å². The molecule has 2 atom stereocenters. The van der Waals surface area contributed by atoms with Gasteiger partial charge in [0.05, 0.1) is 6.54 Å². The highest BCUT2D eigenvalue weighted by atomic mass is 32.2. The summed E-state index contributed by atoms with van der Waals surface area (Å²) in [7, 11) is 0. The van der Waals surface area contributed by atoms with E-state index in [4.69, 9.17) is 4.42 Å². The van der Waals surface area contributed by atoms with Crippen LogP contribution in [0.15, 0.2) is 4.42 Å². The van der Waals surface area contributed by atoms with Crippen LogP contribution in [-0.2, 0) is 6.54 Å². The minimum atomic E-state index is 0.0538. The van der Waals surface area contributed by atoms with E-state index >= 15 is 0 Å². The lowest BCUT2D eigenvalue weighted by Crippen LogP contribution is -2.44. The first-order valence-corrected chi connectivity index (χ1v) is 7.87. The lowest BCUT2D eigenvalue weighted by molar-refractivity contribution is 0.378. The summed E-state index contributed by atoms with van der Waals surface area (Å²) < 4.78 is 5.77. The predicted octanol–water partition coefficient (Wildman–Crippen LogP) is 2.29. The van der Waals surface area contributed by atoms with Crippen molar-refractivity contribution in [2.45, 2.75) is 58.0 Å². The molecule has 2 unspecified atom stereocenters. The summed E-state index contributed by atoms with van der Waals surface area (Å²) in [6, 6.07) is 1.09. The molecule has 0 saturated carbocycles. The molecule has 1 aromatic rings. The molecule has 0 aliphatic carbocycles. The first-order valence-electron chi connectivity index (χ1n) is 6.82. The first-order chi connectivity index (χ1) is 8.87. The fourth-order valence-electron chi connectivity index (χ4n) is 1.98. The Hall–Kier alpha value is -0.750. The van der Waals surface area contributed by atoms with Crippen LogP contribution in [0.1, 0.15) is 40.5 Å². The molecule has 19 heavy (non-hydrogen) atoms. The van der Waals surface area contributed by atoms with Crippen LogP contribution >= 0.6 is 11.8 Å². The Kier molecular flexibility index (Phi) is 4.40. The molecule has 5 nitrogen and oxygen atoms in total. The van der Waals surface area contributed by atoms with E-state index in [2.05, 4.69) is 55.0 Å². The highest BCUT2D eigenvalue weighted by Crippen LogP contribution is 2.28. The van der Waals surface area contributed by atoms with E-state index in [9.17, 15) is 0 Å². The Morgan fingerprint density at radius 2 is 2.11 bits per heavy atom. The maximum Gasteiger partial charge on any atom is 0.318 e. The molecule has 0 amide bonds. The number of hydrogen-bond acceptors (Lipinski definition) is 6. The summed E-state index contributed by atoms with van der Waals surface area (Å²) >= 11 is 2.00. The minimum absolute atomic E-state index is 0.0538. The van der Waals surface area contributed by atoms with Crippen LogP contribution < -0.4 is 10.2 Å². The first kappa shape index (κ1) is 14.7. The van der Waals surface area contributed by atoms with Gasteiger partial charge in [0.15, 0.2) is 0 Å². The van der Waals surface area contributed by atoms with Gasteiger partial charge in [-0.15, -0.1) is 5.10 Å². The topological polar surface area (TPSA) is 54.2 Å². The minimum Gasteiger partial charge on any atom is -0.407 e. The summed E-state index contributed by atoms with van der Waals surface area (Å²) in [5.74, 6) is 1.77. The Morgan fingerprint density at radius 1 is 1.37 bits per heavy atom. The average molecular weight is 284 g/mol. The van der Waals surface area contributed by atoms with E-state index in [1.165, 1.54) is 0 Å². The van der Waals surface area contributed by atoms with Gasteiger partial charge >= 0.3 is 6.01 Å². The average Bonchev–Trinajstić information content (AvgIpc) is 2.78. The van der Waals surface area contributed by atoms with E-state index in [0.717, 1.165) is 12.3 Å². The lowest BCUT2D eigenvalue weighted by Gasteiger charge is -2.35. The van der Waals surface area contributed by atoms with Gasteiger partial charge in [0.1, 0.15) is 0 Å². The molecule has 1 N–H and O–H groups in total. The Labute approximate surface area is 119 Å². The maximum atomic E-state index is 5.77. The molecular formula is C13H24N4OS. The van der Waals surface area contributed by atoms with E-state index < -0.39 is 0 Å². The van der Waals surface area contributed by atoms with Gasteiger partial charge in [-0.25, -0.2) is 0 Å². The summed E-state index contributed by atoms with van der Waals surface area (Å²) in [6.07, 6.45) is 0. The van der Waals surface area contributed by atoms with Gasteiger partial charge < -0.3 is 14.6 Å². The van der Waals surface area contributed by atoms with E-state index in [-0.39, 0.29) is 5.54 Å². The van der Waals surface area contributed by atoms with Crippen LogP contribution in [-0.4, -0.2) is 39.3 Å². The number of rotatable bonds is 3. The van der Waals surface area contributed by atoms with Gasteiger partial charge in [0, 0.05) is 29.1 Å². The molecule has 2 rings (SSSR count). The van der Waals surface area contributed by atoms with Gasteiger partial charge in [-0.05, 0) is 27.7 Å². The number of hydrogen-bond donors (Lipinski definition) is 1. The van der Waals surface area contributed by atoms with Gasteiger partial charge in [0.2, 0.25) is 5.89 Å². The zero-order chi connectivity index (χ0) is 14.0. The third-order valence-electron chi connectivity index (χ3n) is 3.36. The van der Waals surface area contributed by atoms with Crippen molar-refractivity contribution in [2.75, 3.05) is 17.2 Å². The normalized spacial score (nSPS) is 24.8. The van der Waals surface area contributed by atoms with Gasteiger partial charge in [-0.2, -0.15) is 11.8 Å². The maximum absolute atomic E-state index is 5.77. The largest absolute Gasteiger partial charge is 0.407 e. The number of aromatic nitrogens is 2. The number of nitrogens with one attached hydrogen (secondary N) is 1. The smallest absolute Gasteiger partial charge is 0.318 e. The third-order valence-corrected chi connectivity index (χ3v) is 4.69. The molecule has 0 aromatic carbocycles. The van der Waals surface area contributed by atoms with Gasteiger partial charge in [-0.3, -0.25) is 0 Å². The third kappa shape index (κ3) is 3.86. The summed E-state index contributed by atoms with van der Waals surface area (Å²) in [5.41, 5.74) is 0.0538. The predicted molar refractivity (Wildman–Crippen MR) is 79.6 cm³/mol. The molecule has 1 aliphatic heterocycles. The van der Waals surface area contributed by atoms with Crippen LogP contribution in [0.5, 0.6) is 0 Å². The van der Waals surface area contributed by atoms with Crippen LogP contribution in [0.25, 0.3) is 0 Å². The number of nitrogens with zero attached hydrogens (tertiary/aromatic N) is 3. The Balaban J connectivity index is 2.00. The van der Waals surface area contributed by atoms with E-state index in [0.29, 0.717) is 29.7 Å². The Morgan fingerprint density at radius 3 is 2.79 bits per heavy atom. The van der Waals surface area contributed by atoms with Crippen molar-refractivity contribution in [3.63, 3.8) is 0 Å². The zero-order valence-corrected chi connectivity index (χ0v) is 13.3. The Bertz CT molecular complexity index is 415. The molecular weight excluding hydrogens is 260 g/mol. The van der Waals surface area contributed by atoms with Gasteiger partial charge in [0.25, 0.3) is 0 Å². The second-order valence-corrected chi connectivity index (χ2v) is 7.58. The van der Waals surface area contributed by atoms with Crippen LogP contribution in [0.4, 0.5) is 6.01 Å². The summed E-state index contributed by atoms with van der Waals surface area (Å²) in [6.45, 7) is 12.4. The lowest BCUT2D eigenvalue weighted by atomic mass is 10.1. The highest BCUT2D eigenvalue weighted by molar-refractivity contribution is 8.00. The van der Waals surface area contributed by atoms with Crippen LogP contribution in [0.2, 0.25) is 0 Å². The van der Waals surface area contributed by atoms with Gasteiger partial charge in [-0.1, -0.05) is 12.0 Å². The molecule has 0 radical (unpaired) electrons. The second kappa shape index (κ2) is 5.71. The summed E-state index contributed by atoms with van der Waals surface area (Å²) in [4.78, 5) is 2.22. The highest BCUT2D eigenvalue weighted by Gasteiger charge is 2.28. The quantitative estimate of drug-likeness (QED) is 0.919. The standard InChI is InChI=1S/C13H24N4OS/c1-9-10(2)19-7-6-17(9)12-16-15-11(18-12)8-14-13(3,4)5/h9-10,14H,6-8H2,1-5H3. The van der Waals surface area contributed by atoms with Crippen molar-refractivity contribution in [1.29, 1.82) is 0 Å². The summed E-state index contributed by atoms with van der Waals surface area (Å²) in [5, 5.41) is 12.3. The molecule has 108 valence electrons. The SMILES string of the molecule is CC1SCCN(c2nnc(CNC(C)(C)C)o2)C1C. The molecule has 1 aromatic heterocycles. The molecule has 1 fully saturated rings.